The number of hydrogen-bond acceptors (Lipinski definition) is 3. The van der Waals surface area contributed by atoms with E-state index < -0.39 is 10.0 Å². The van der Waals surface area contributed by atoms with Crippen LogP contribution >= 0.6 is 23.2 Å². The summed E-state index contributed by atoms with van der Waals surface area (Å²) < 4.78 is 29.9. The minimum absolute atomic E-state index is 0.164. The molecular formula is C21H19Cl2N3O2S. The summed E-state index contributed by atoms with van der Waals surface area (Å²) >= 11 is 12.4. The lowest BCUT2D eigenvalue weighted by molar-refractivity contribution is 0.247. The molecule has 0 saturated carbocycles. The number of sulfonamides is 1. The highest BCUT2D eigenvalue weighted by Gasteiger charge is 2.44. The summed E-state index contributed by atoms with van der Waals surface area (Å²) in [4.78, 5) is 0.164. The van der Waals surface area contributed by atoms with Gasteiger partial charge in [0.05, 0.1) is 21.9 Å². The van der Waals surface area contributed by atoms with Crippen molar-refractivity contribution in [3.05, 3.63) is 76.5 Å². The second-order valence-corrected chi connectivity index (χ2v) is 10.2. The smallest absolute Gasteiger partial charge is 0.244 e. The van der Waals surface area contributed by atoms with Crippen LogP contribution in [0, 0.1) is 0 Å². The van der Waals surface area contributed by atoms with E-state index in [1.165, 1.54) is 4.31 Å². The SMILES string of the molecule is O=S(=O)(c1ccccc1Cl)N1CCC2(CC1)Nc1ccc(Cl)cc1-n1cccc12. The highest BCUT2D eigenvalue weighted by atomic mass is 35.5. The van der Waals surface area contributed by atoms with Gasteiger partial charge in [-0.05, 0) is 55.3 Å². The molecule has 5 rings (SSSR count). The number of piperidine rings is 1. The number of aromatic nitrogens is 1. The average Bonchev–Trinajstić information content (AvgIpc) is 3.21. The van der Waals surface area contributed by atoms with Gasteiger partial charge >= 0.3 is 0 Å². The molecular weight excluding hydrogens is 429 g/mol. The lowest BCUT2D eigenvalue weighted by Gasteiger charge is -2.46. The molecule has 0 radical (unpaired) electrons. The number of anilines is 1. The molecule has 29 heavy (non-hydrogen) atoms. The highest BCUT2D eigenvalue weighted by molar-refractivity contribution is 7.89. The van der Waals surface area contributed by atoms with Gasteiger partial charge in [-0.15, -0.1) is 0 Å². The lowest BCUT2D eigenvalue weighted by atomic mass is 9.83. The zero-order chi connectivity index (χ0) is 20.2. The molecule has 1 fully saturated rings. The van der Waals surface area contributed by atoms with Gasteiger partial charge in [-0.1, -0.05) is 35.3 Å². The topological polar surface area (TPSA) is 54.3 Å². The number of nitrogens with one attached hydrogen (secondary N) is 1. The Bertz CT molecular complexity index is 1200. The molecule has 2 aromatic carbocycles. The van der Waals surface area contributed by atoms with Gasteiger partial charge in [0.2, 0.25) is 10.0 Å². The van der Waals surface area contributed by atoms with E-state index in [0.29, 0.717) is 31.0 Å². The minimum atomic E-state index is -3.63. The molecule has 1 N–H and O–H groups in total. The van der Waals surface area contributed by atoms with Crippen molar-refractivity contribution in [2.45, 2.75) is 23.3 Å². The van der Waals surface area contributed by atoms with Crippen molar-refractivity contribution in [2.75, 3.05) is 18.4 Å². The Morgan fingerprint density at radius 1 is 0.966 bits per heavy atom. The maximum atomic E-state index is 13.1. The van der Waals surface area contributed by atoms with Crippen LogP contribution in [0.2, 0.25) is 10.0 Å². The van der Waals surface area contributed by atoms with Crippen molar-refractivity contribution in [3.8, 4) is 5.69 Å². The first kappa shape index (κ1) is 19.0. The third-order valence-corrected chi connectivity index (χ3v) is 8.50. The molecule has 3 aromatic rings. The minimum Gasteiger partial charge on any atom is -0.372 e. The molecule has 0 amide bonds. The molecule has 0 atom stereocenters. The Labute approximate surface area is 179 Å². The normalized spacial score (nSPS) is 18.1. The van der Waals surface area contributed by atoms with Crippen molar-refractivity contribution in [3.63, 3.8) is 0 Å². The molecule has 8 heteroatoms. The van der Waals surface area contributed by atoms with Crippen LogP contribution in [-0.4, -0.2) is 30.4 Å². The fourth-order valence-electron chi connectivity index (χ4n) is 4.40. The van der Waals surface area contributed by atoms with E-state index in [1.54, 1.807) is 24.3 Å². The summed E-state index contributed by atoms with van der Waals surface area (Å²) in [5, 5.41) is 4.61. The molecule has 0 aliphatic carbocycles. The van der Waals surface area contributed by atoms with Gasteiger partial charge in [-0.2, -0.15) is 4.31 Å². The maximum Gasteiger partial charge on any atom is 0.244 e. The van der Waals surface area contributed by atoms with Gasteiger partial charge in [-0.3, -0.25) is 0 Å². The van der Waals surface area contributed by atoms with E-state index in [-0.39, 0.29) is 15.5 Å². The van der Waals surface area contributed by atoms with E-state index in [2.05, 4.69) is 16.0 Å². The van der Waals surface area contributed by atoms with Crippen LogP contribution < -0.4 is 5.32 Å². The summed E-state index contributed by atoms with van der Waals surface area (Å²) in [6.07, 6.45) is 3.34. The first-order valence-electron chi connectivity index (χ1n) is 9.41. The summed E-state index contributed by atoms with van der Waals surface area (Å²) in [5.41, 5.74) is 2.81. The summed E-state index contributed by atoms with van der Waals surface area (Å²) in [5.74, 6) is 0. The van der Waals surface area contributed by atoms with E-state index in [9.17, 15) is 8.42 Å². The zero-order valence-electron chi connectivity index (χ0n) is 15.5. The van der Waals surface area contributed by atoms with Crippen molar-refractivity contribution >= 4 is 38.9 Å². The summed E-state index contributed by atoms with van der Waals surface area (Å²) in [7, 11) is -3.63. The number of rotatable bonds is 2. The second-order valence-electron chi connectivity index (χ2n) is 7.47. The third-order valence-electron chi connectivity index (χ3n) is 5.86. The number of benzene rings is 2. The molecule has 1 aromatic heterocycles. The molecule has 2 aliphatic heterocycles. The Morgan fingerprint density at radius 3 is 2.48 bits per heavy atom. The number of halogens is 2. The molecule has 0 unspecified atom stereocenters. The molecule has 1 saturated heterocycles. The van der Waals surface area contributed by atoms with Gasteiger partial charge in [0.15, 0.2) is 0 Å². The van der Waals surface area contributed by atoms with Crippen LogP contribution in [-0.2, 0) is 15.6 Å². The Hall–Kier alpha value is -1.99. The van der Waals surface area contributed by atoms with Crippen molar-refractivity contribution in [1.82, 2.24) is 8.87 Å². The number of fused-ring (bicyclic) bond motifs is 4. The Balaban J connectivity index is 1.46. The monoisotopic (exact) mass is 447 g/mol. The zero-order valence-corrected chi connectivity index (χ0v) is 17.8. The molecule has 2 aliphatic rings. The van der Waals surface area contributed by atoms with Gasteiger partial charge in [0.25, 0.3) is 0 Å². The summed E-state index contributed by atoms with van der Waals surface area (Å²) in [6, 6.07) is 16.5. The maximum absolute atomic E-state index is 13.1. The molecule has 1 spiro atoms. The highest BCUT2D eigenvalue weighted by Crippen LogP contribution is 2.44. The predicted octanol–water partition coefficient (Wildman–Crippen LogP) is 4.89. The third kappa shape index (κ3) is 2.97. The first-order valence-corrected chi connectivity index (χ1v) is 11.6. The number of hydrogen-bond donors (Lipinski definition) is 1. The van der Waals surface area contributed by atoms with Gasteiger partial charge in [0, 0.05) is 30.0 Å². The standard InChI is InChI=1S/C21H19Cl2N3O2S/c22-15-7-8-17-18(14-15)26-11-3-6-20(26)21(24-17)9-12-25(13-10-21)29(27,28)19-5-2-1-4-16(19)23/h1-8,11,14,24H,9-10,12-13H2. The average molecular weight is 448 g/mol. The van der Waals surface area contributed by atoms with E-state index in [1.807, 2.05) is 30.5 Å². The first-order chi connectivity index (χ1) is 13.9. The lowest BCUT2D eigenvalue weighted by Crippen LogP contribution is -2.51. The van der Waals surface area contributed by atoms with Crippen LogP contribution in [0.4, 0.5) is 5.69 Å². The fraction of sp³-hybridized carbons (Fsp3) is 0.238. The van der Waals surface area contributed by atoms with Crippen molar-refractivity contribution in [1.29, 1.82) is 0 Å². The molecule has 3 heterocycles. The molecule has 5 nitrogen and oxygen atoms in total. The van der Waals surface area contributed by atoms with Crippen molar-refractivity contribution < 1.29 is 8.42 Å². The fourth-order valence-corrected chi connectivity index (χ4v) is 6.50. The van der Waals surface area contributed by atoms with E-state index >= 15 is 0 Å². The Morgan fingerprint density at radius 2 is 1.72 bits per heavy atom. The van der Waals surface area contributed by atoms with E-state index in [0.717, 1.165) is 17.1 Å². The van der Waals surface area contributed by atoms with E-state index in [4.69, 9.17) is 23.2 Å². The van der Waals surface area contributed by atoms with Crippen LogP contribution in [0.1, 0.15) is 18.5 Å². The predicted molar refractivity (Wildman–Crippen MR) is 116 cm³/mol. The van der Waals surface area contributed by atoms with Gasteiger partial charge in [0.1, 0.15) is 4.90 Å². The Kier molecular flexibility index (Phi) is 4.44. The van der Waals surface area contributed by atoms with Crippen LogP contribution in [0.25, 0.3) is 5.69 Å². The van der Waals surface area contributed by atoms with Crippen LogP contribution in [0.3, 0.4) is 0 Å². The largest absolute Gasteiger partial charge is 0.372 e. The molecule has 150 valence electrons. The second kappa shape index (κ2) is 6.77. The van der Waals surface area contributed by atoms with Crippen LogP contribution in [0.15, 0.2) is 65.7 Å². The van der Waals surface area contributed by atoms with Crippen molar-refractivity contribution in [2.24, 2.45) is 0 Å². The number of nitrogens with zero attached hydrogens (tertiary/aromatic N) is 2. The summed E-state index contributed by atoms with van der Waals surface area (Å²) in [6.45, 7) is 0.823. The van der Waals surface area contributed by atoms with Crippen LogP contribution in [0.5, 0.6) is 0 Å². The van der Waals surface area contributed by atoms with Gasteiger partial charge < -0.3 is 9.88 Å². The molecule has 0 bridgehead atoms. The quantitative estimate of drug-likeness (QED) is 0.608. The van der Waals surface area contributed by atoms with Gasteiger partial charge in [-0.25, -0.2) is 8.42 Å².